The molecule has 0 bridgehead atoms. The highest BCUT2D eigenvalue weighted by Gasteiger charge is 2.27. The molecule has 21 heavy (non-hydrogen) atoms. The van der Waals surface area contributed by atoms with Crippen LogP contribution < -0.4 is 5.32 Å². The smallest absolute Gasteiger partial charge is 0.232 e. The van der Waals surface area contributed by atoms with Crippen molar-refractivity contribution in [2.24, 2.45) is 0 Å². The van der Waals surface area contributed by atoms with Gasteiger partial charge in [0.15, 0.2) is 0 Å². The molecule has 1 amide bonds. The Hall–Kier alpha value is -0.420. The quantitative estimate of drug-likeness (QED) is 0.856. The molecule has 0 aliphatic carbocycles. The minimum atomic E-state index is 0.225. The monoisotopic (exact) mass is 346 g/mol. The van der Waals surface area contributed by atoms with Crippen molar-refractivity contribution < 1.29 is 4.79 Å². The summed E-state index contributed by atoms with van der Waals surface area (Å²) in [6.45, 7) is 1.76. The molecule has 1 aromatic rings. The molecule has 0 aromatic heterocycles. The number of thioether (sulfide) groups is 1. The molecule has 116 valence electrons. The van der Waals surface area contributed by atoms with E-state index in [2.05, 4.69) is 5.32 Å². The maximum Gasteiger partial charge on any atom is 0.232 e. The van der Waals surface area contributed by atoms with Crippen molar-refractivity contribution in [2.75, 3.05) is 25.9 Å². The molecule has 1 atom stereocenters. The van der Waals surface area contributed by atoms with Gasteiger partial charge in [0.25, 0.3) is 0 Å². The van der Waals surface area contributed by atoms with Gasteiger partial charge in [0.1, 0.15) is 0 Å². The minimum absolute atomic E-state index is 0.225. The Morgan fingerprint density at radius 2 is 2.29 bits per heavy atom. The molecule has 1 heterocycles. The van der Waals surface area contributed by atoms with Crippen LogP contribution in [-0.4, -0.2) is 42.7 Å². The summed E-state index contributed by atoms with van der Waals surface area (Å²) >= 11 is 13.6. The summed E-state index contributed by atoms with van der Waals surface area (Å²) < 4.78 is 0. The molecular weight excluding hydrogens is 327 g/mol. The van der Waals surface area contributed by atoms with Gasteiger partial charge in [0.2, 0.25) is 5.91 Å². The third kappa shape index (κ3) is 4.78. The molecule has 1 unspecified atom stereocenters. The lowest BCUT2D eigenvalue weighted by Gasteiger charge is -2.24. The van der Waals surface area contributed by atoms with E-state index in [1.54, 1.807) is 17.8 Å². The molecule has 2 rings (SSSR count). The van der Waals surface area contributed by atoms with Crippen LogP contribution >= 0.6 is 35.0 Å². The molecule has 0 saturated carbocycles. The SMILES string of the molecule is CNCC1CCCN1C(=O)CSCc1ccc(Cl)cc1Cl. The zero-order chi connectivity index (χ0) is 15.2. The van der Waals surface area contributed by atoms with Crippen LogP contribution in [0.1, 0.15) is 18.4 Å². The lowest BCUT2D eigenvalue weighted by atomic mass is 10.2. The van der Waals surface area contributed by atoms with Crippen LogP contribution in [-0.2, 0) is 10.5 Å². The van der Waals surface area contributed by atoms with Gasteiger partial charge in [-0.2, -0.15) is 0 Å². The first-order valence-corrected chi connectivity index (χ1v) is 8.98. The van der Waals surface area contributed by atoms with Gasteiger partial charge in [0.05, 0.1) is 5.75 Å². The number of rotatable bonds is 6. The summed E-state index contributed by atoms with van der Waals surface area (Å²) in [6.07, 6.45) is 2.20. The van der Waals surface area contributed by atoms with Crippen molar-refractivity contribution in [2.45, 2.75) is 24.6 Å². The molecule has 0 spiro atoms. The number of likely N-dealkylation sites (tertiary alicyclic amines) is 1. The third-order valence-electron chi connectivity index (χ3n) is 3.64. The molecule has 1 aromatic carbocycles. The van der Waals surface area contributed by atoms with E-state index < -0.39 is 0 Å². The van der Waals surface area contributed by atoms with E-state index >= 15 is 0 Å². The van der Waals surface area contributed by atoms with Crippen molar-refractivity contribution in [1.82, 2.24) is 10.2 Å². The second-order valence-corrected chi connectivity index (χ2v) is 7.00. The summed E-state index contributed by atoms with van der Waals surface area (Å²) in [5, 5.41) is 4.46. The number of hydrogen-bond donors (Lipinski definition) is 1. The molecule has 3 nitrogen and oxygen atoms in total. The van der Waals surface area contributed by atoms with Crippen LogP contribution in [0.2, 0.25) is 10.0 Å². The first-order chi connectivity index (χ1) is 10.1. The number of hydrogen-bond acceptors (Lipinski definition) is 3. The first kappa shape index (κ1) is 16.9. The van der Waals surface area contributed by atoms with Gasteiger partial charge in [-0.15, -0.1) is 11.8 Å². The van der Waals surface area contributed by atoms with Crippen LogP contribution in [0, 0.1) is 0 Å². The molecule has 0 radical (unpaired) electrons. The zero-order valence-corrected chi connectivity index (χ0v) is 14.4. The van der Waals surface area contributed by atoms with Crippen LogP contribution in [0.25, 0.3) is 0 Å². The van der Waals surface area contributed by atoms with Gasteiger partial charge in [-0.3, -0.25) is 4.79 Å². The van der Waals surface area contributed by atoms with E-state index in [1.165, 1.54) is 0 Å². The molecule has 1 fully saturated rings. The third-order valence-corrected chi connectivity index (χ3v) is 5.19. The predicted molar refractivity (Wildman–Crippen MR) is 91.3 cm³/mol. The van der Waals surface area contributed by atoms with E-state index in [9.17, 15) is 4.79 Å². The Bertz CT molecular complexity index is 499. The van der Waals surface area contributed by atoms with Crippen LogP contribution in [0.5, 0.6) is 0 Å². The van der Waals surface area contributed by atoms with Gasteiger partial charge in [-0.05, 0) is 37.6 Å². The fraction of sp³-hybridized carbons (Fsp3) is 0.533. The zero-order valence-electron chi connectivity index (χ0n) is 12.1. The first-order valence-electron chi connectivity index (χ1n) is 7.07. The van der Waals surface area contributed by atoms with Crippen molar-refractivity contribution in [1.29, 1.82) is 0 Å². The van der Waals surface area contributed by atoms with E-state index in [0.29, 0.717) is 21.8 Å². The number of carbonyl (C=O) groups excluding carboxylic acids is 1. The Morgan fingerprint density at radius 3 is 3.00 bits per heavy atom. The summed E-state index contributed by atoms with van der Waals surface area (Å²) in [4.78, 5) is 14.3. The second-order valence-electron chi connectivity index (χ2n) is 5.17. The maximum atomic E-state index is 12.3. The van der Waals surface area contributed by atoms with Gasteiger partial charge in [-0.1, -0.05) is 29.3 Å². The molecular formula is C15H20Cl2N2OS. The number of nitrogens with one attached hydrogen (secondary N) is 1. The molecule has 1 aliphatic rings. The number of benzene rings is 1. The number of likely N-dealkylation sites (N-methyl/N-ethyl adjacent to an activating group) is 1. The van der Waals surface area contributed by atoms with Gasteiger partial charge < -0.3 is 10.2 Å². The second kappa shape index (κ2) is 8.28. The van der Waals surface area contributed by atoms with Crippen LogP contribution in [0.15, 0.2) is 18.2 Å². The van der Waals surface area contributed by atoms with Crippen molar-refractivity contribution >= 4 is 40.9 Å². The lowest BCUT2D eigenvalue weighted by Crippen LogP contribution is -2.41. The summed E-state index contributed by atoms with van der Waals surface area (Å²) in [5.74, 6) is 1.45. The Balaban J connectivity index is 1.81. The lowest BCUT2D eigenvalue weighted by molar-refractivity contribution is -0.129. The Labute approximate surface area is 140 Å². The van der Waals surface area contributed by atoms with Crippen molar-refractivity contribution in [3.05, 3.63) is 33.8 Å². The minimum Gasteiger partial charge on any atom is -0.338 e. The maximum absolute atomic E-state index is 12.3. The molecule has 1 aliphatic heterocycles. The highest BCUT2D eigenvalue weighted by Crippen LogP contribution is 2.25. The fourth-order valence-electron chi connectivity index (χ4n) is 2.58. The number of carbonyl (C=O) groups is 1. The number of nitrogens with zero attached hydrogens (tertiary/aromatic N) is 1. The number of halogens is 2. The van der Waals surface area contributed by atoms with Gasteiger partial charge >= 0.3 is 0 Å². The van der Waals surface area contributed by atoms with Crippen molar-refractivity contribution in [3.63, 3.8) is 0 Å². The van der Waals surface area contributed by atoms with Crippen LogP contribution in [0.4, 0.5) is 0 Å². The number of amides is 1. The average Bonchev–Trinajstić information content (AvgIpc) is 2.90. The summed E-state index contributed by atoms with van der Waals surface area (Å²) in [7, 11) is 1.93. The van der Waals surface area contributed by atoms with E-state index in [4.69, 9.17) is 23.2 Å². The molecule has 1 N–H and O–H groups in total. The highest BCUT2D eigenvalue weighted by molar-refractivity contribution is 7.99. The summed E-state index contributed by atoms with van der Waals surface area (Å²) in [6, 6.07) is 5.84. The highest BCUT2D eigenvalue weighted by atomic mass is 35.5. The Kier molecular flexibility index (Phi) is 6.68. The summed E-state index contributed by atoms with van der Waals surface area (Å²) in [5.41, 5.74) is 1.02. The fourth-order valence-corrected chi connectivity index (χ4v) is 4.05. The van der Waals surface area contributed by atoms with Crippen LogP contribution in [0.3, 0.4) is 0 Å². The molecule has 6 heteroatoms. The topological polar surface area (TPSA) is 32.3 Å². The van der Waals surface area contributed by atoms with E-state index in [-0.39, 0.29) is 5.91 Å². The van der Waals surface area contributed by atoms with E-state index in [0.717, 1.165) is 37.2 Å². The largest absolute Gasteiger partial charge is 0.338 e. The standard InChI is InChI=1S/C15H20Cl2N2OS/c1-18-8-13-3-2-6-19(13)15(20)10-21-9-11-4-5-12(16)7-14(11)17/h4-5,7,13,18H,2-3,6,8-10H2,1H3. The average molecular weight is 347 g/mol. The Morgan fingerprint density at radius 1 is 1.48 bits per heavy atom. The van der Waals surface area contributed by atoms with Gasteiger partial charge in [-0.25, -0.2) is 0 Å². The van der Waals surface area contributed by atoms with Crippen molar-refractivity contribution in [3.8, 4) is 0 Å². The van der Waals surface area contributed by atoms with E-state index in [1.807, 2.05) is 24.1 Å². The predicted octanol–water partition coefficient (Wildman–Crippen LogP) is 3.44. The van der Waals surface area contributed by atoms with Gasteiger partial charge in [0, 0.05) is 34.9 Å². The molecule has 1 saturated heterocycles. The normalized spacial score (nSPS) is 18.2.